The van der Waals surface area contributed by atoms with E-state index in [1.165, 1.54) is 231 Å². The van der Waals surface area contributed by atoms with Crippen LogP contribution in [-0.4, -0.2) is 47.4 Å². The minimum atomic E-state index is -0.666. The highest BCUT2D eigenvalue weighted by Crippen LogP contribution is 2.17. The van der Waals surface area contributed by atoms with Gasteiger partial charge in [-0.3, -0.25) is 9.59 Å². The summed E-state index contributed by atoms with van der Waals surface area (Å²) in [6, 6.07) is -0.543. The number of rotatable bonds is 57. The van der Waals surface area contributed by atoms with Crippen LogP contribution in [-0.2, 0) is 14.3 Å². The van der Waals surface area contributed by atoms with Crippen molar-refractivity contribution in [2.45, 2.75) is 334 Å². The molecule has 0 fully saturated rings. The summed E-state index contributed by atoms with van der Waals surface area (Å²) in [6.45, 7) is 4.90. The Bertz CT molecular complexity index is 1180. The first kappa shape index (κ1) is 67.8. The van der Waals surface area contributed by atoms with Crippen molar-refractivity contribution < 1.29 is 24.5 Å². The molecular weight excluding hydrogens is 863 g/mol. The summed E-state index contributed by atoms with van der Waals surface area (Å²) in [4.78, 5) is 24.5. The van der Waals surface area contributed by atoms with Gasteiger partial charge in [0.05, 0.1) is 25.4 Å². The number of hydrogen-bond acceptors (Lipinski definition) is 5. The van der Waals surface area contributed by atoms with Crippen molar-refractivity contribution in [1.29, 1.82) is 0 Å². The van der Waals surface area contributed by atoms with Crippen molar-refractivity contribution >= 4 is 11.9 Å². The predicted molar refractivity (Wildman–Crippen MR) is 306 cm³/mol. The zero-order valence-corrected chi connectivity index (χ0v) is 46.7. The standard InChI is InChI=1S/C64H119NO5/c1-3-5-7-9-11-13-15-17-34-38-42-46-50-54-58-64(69)70-59-55-51-47-43-39-35-32-30-28-26-24-22-20-18-19-21-23-25-27-29-31-33-37-41-45-49-53-57-63(68)65-61(60-66)62(67)56-52-48-44-40-36-16-14-12-10-8-6-4-2/h9,11,15,17-19,22,24,61-62,66-67H,3-8,10,12-14,16,20-21,23,25-60H2,1-2H3,(H,65,68)/b11-9-,17-15-,19-18-,24-22-. The van der Waals surface area contributed by atoms with Crippen molar-refractivity contribution in [3.05, 3.63) is 48.6 Å². The van der Waals surface area contributed by atoms with Gasteiger partial charge in [0.25, 0.3) is 0 Å². The summed E-state index contributed by atoms with van der Waals surface area (Å²) >= 11 is 0. The smallest absolute Gasteiger partial charge is 0.305 e. The lowest BCUT2D eigenvalue weighted by atomic mass is 10.0. The molecule has 0 saturated carbocycles. The average Bonchev–Trinajstić information content (AvgIpc) is 3.36. The SMILES string of the molecule is CCCC/C=C\C/C=C\CCCCCCCC(=O)OCCCCCCCCCCC/C=C\C/C=C\CCCCCCCCCCCCCC(=O)NC(CO)C(O)CCCCCCCCCCCCCC. The fourth-order valence-corrected chi connectivity index (χ4v) is 9.33. The van der Waals surface area contributed by atoms with Gasteiger partial charge < -0.3 is 20.3 Å². The lowest BCUT2D eigenvalue weighted by molar-refractivity contribution is -0.143. The van der Waals surface area contributed by atoms with E-state index in [1.54, 1.807) is 0 Å². The summed E-state index contributed by atoms with van der Waals surface area (Å²) in [6.07, 6.45) is 75.5. The van der Waals surface area contributed by atoms with Crippen molar-refractivity contribution in [1.82, 2.24) is 5.32 Å². The van der Waals surface area contributed by atoms with Gasteiger partial charge >= 0.3 is 5.97 Å². The summed E-state index contributed by atoms with van der Waals surface area (Å²) < 4.78 is 5.47. The first-order valence-corrected chi connectivity index (χ1v) is 30.9. The van der Waals surface area contributed by atoms with Crippen molar-refractivity contribution in [3.8, 4) is 0 Å². The van der Waals surface area contributed by atoms with Gasteiger partial charge in [0.15, 0.2) is 0 Å². The Balaban J connectivity index is 3.42. The van der Waals surface area contributed by atoms with Gasteiger partial charge in [-0.25, -0.2) is 0 Å². The van der Waals surface area contributed by atoms with E-state index in [1.807, 2.05) is 0 Å². The normalized spacial score (nSPS) is 12.9. The van der Waals surface area contributed by atoms with Crippen molar-refractivity contribution in [2.24, 2.45) is 0 Å². The first-order chi connectivity index (χ1) is 34.5. The third-order valence-corrected chi connectivity index (χ3v) is 14.1. The van der Waals surface area contributed by atoms with E-state index in [0.717, 1.165) is 57.8 Å². The Kier molecular flexibility index (Phi) is 57.5. The van der Waals surface area contributed by atoms with E-state index in [4.69, 9.17) is 4.74 Å². The molecule has 0 saturated heterocycles. The summed E-state index contributed by atoms with van der Waals surface area (Å²) in [5, 5.41) is 23.2. The molecule has 1 amide bonds. The molecule has 0 spiro atoms. The summed E-state index contributed by atoms with van der Waals surface area (Å²) in [7, 11) is 0. The number of carbonyl (C=O) groups is 2. The Morgan fingerprint density at radius 1 is 0.400 bits per heavy atom. The van der Waals surface area contributed by atoms with E-state index < -0.39 is 12.1 Å². The van der Waals surface area contributed by atoms with Crippen LogP contribution in [0.3, 0.4) is 0 Å². The number of aliphatic hydroxyl groups is 2. The third kappa shape index (κ3) is 55.1. The molecule has 2 unspecified atom stereocenters. The highest BCUT2D eigenvalue weighted by Gasteiger charge is 2.20. The zero-order valence-electron chi connectivity index (χ0n) is 46.7. The lowest BCUT2D eigenvalue weighted by Gasteiger charge is -2.22. The number of nitrogens with one attached hydrogen (secondary N) is 1. The topological polar surface area (TPSA) is 95.9 Å². The molecule has 6 heteroatoms. The molecule has 70 heavy (non-hydrogen) atoms. The predicted octanol–water partition coefficient (Wildman–Crippen LogP) is 19.4. The molecule has 0 heterocycles. The Labute approximate surface area is 436 Å². The monoisotopic (exact) mass is 982 g/mol. The van der Waals surface area contributed by atoms with Crippen LogP contribution >= 0.6 is 0 Å². The third-order valence-electron chi connectivity index (χ3n) is 14.1. The molecule has 2 atom stereocenters. The van der Waals surface area contributed by atoms with Gasteiger partial charge in [-0.1, -0.05) is 274 Å². The van der Waals surface area contributed by atoms with Gasteiger partial charge in [-0.2, -0.15) is 0 Å². The molecule has 0 aromatic carbocycles. The minimum Gasteiger partial charge on any atom is -0.466 e. The molecule has 0 bridgehead atoms. The van der Waals surface area contributed by atoms with E-state index in [-0.39, 0.29) is 18.5 Å². The number of ether oxygens (including phenoxy) is 1. The second-order valence-corrected chi connectivity index (χ2v) is 21.0. The van der Waals surface area contributed by atoms with Gasteiger partial charge in [0.2, 0.25) is 5.91 Å². The molecule has 0 rings (SSSR count). The highest BCUT2D eigenvalue weighted by atomic mass is 16.5. The van der Waals surface area contributed by atoms with E-state index in [2.05, 4.69) is 67.8 Å². The van der Waals surface area contributed by atoms with E-state index >= 15 is 0 Å². The van der Waals surface area contributed by atoms with Gasteiger partial charge in [-0.15, -0.1) is 0 Å². The molecule has 0 aliphatic rings. The molecule has 3 N–H and O–H groups in total. The van der Waals surface area contributed by atoms with Crippen LogP contribution < -0.4 is 5.32 Å². The maximum atomic E-state index is 12.5. The number of hydrogen-bond donors (Lipinski definition) is 3. The van der Waals surface area contributed by atoms with Crippen molar-refractivity contribution in [3.63, 3.8) is 0 Å². The van der Waals surface area contributed by atoms with Crippen LogP contribution in [0.1, 0.15) is 322 Å². The Morgan fingerprint density at radius 3 is 1.13 bits per heavy atom. The number of aliphatic hydroxyl groups excluding tert-OH is 2. The molecule has 0 radical (unpaired) electrons. The van der Waals surface area contributed by atoms with Crippen LogP contribution in [0.15, 0.2) is 48.6 Å². The first-order valence-electron chi connectivity index (χ1n) is 30.9. The molecular formula is C64H119NO5. The number of esters is 1. The van der Waals surface area contributed by atoms with Crippen molar-refractivity contribution in [2.75, 3.05) is 13.2 Å². The van der Waals surface area contributed by atoms with Crippen LogP contribution in [0.4, 0.5) is 0 Å². The average molecular weight is 983 g/mol. The molecule has 410 valence electrons. The van der Waals surface area contributed by atoms with E-state index in [9.17, 15) is 19.8 Å². The Morgan fingerprint density at radius 2 is 0.729 bits per heavy atom. The second-order valence-electron chi connectivity index (χ2n) is 21.0. The summed E-state index contributed by atoms with van der Waals surface area (Å²) in [5.74, 6) is -0.0430. The number of carbonyl (C=O) groups excluding carboxylic acids is 2. The minimum absolute atomic E-state index is 0.00441. The maximum Gasteiger partial charge on any atom is 0.305 e. The summed E-state index contributed by atoms with van der Waals surface area (Å²) in [5.41, 5.74) is 0. The molecule has 0 aromatic rings. The fourth-order valence-electron chi connectivity index (χ4n) is 9.33. The molecule has 0 aliphatic carbocycles. The number of amides is 1. The largest absolute Gasteiger partial charge is 0.466 e. The van der Waals surface area contributed by atoms with Crippen LogP contribution in [0.25, 0.3) is 0 Å². The quantitative estimate of drug-likeness (QED) is 0.0321. The molecule has 0 aromatic heterocycles. The van der Waals surface area contributed by atoms with E-state index in [0.29, 0.717) is 25.9 Å². The molecule has 6 nitrogen and oxygen atoms in total. The number of unbranched alkanes of at least 4 members (excludes halogenated alkanes) is 38. The highest BCUT2D eigenvalue weighted by molar-refractivity contribution is 5.76. The van der Waals surface area contributed by atoms with Gasteiger partial charge in [0, 0.05) is 12.8 Å². The fraction of sp³-hybridized carbons (Fsp3) is 0.844. The van der Waals surface area contributed by atoms with Crippen LogP contribution in [0.5, 0.6) is 0 Å². The number of allylic oxidation sites excluding steroid dienone is 8. The Hall–Kier alpha value is -2.18. The zero-order chi connectivity index (χ0) is 50.7. The molecule has 0 aliphatic heterocycles. The van der Waals surface area contributed by atoms with Gasteiger partial charge in [-0.05, 0) is 83.5 Å². The lowest BCUT2D eigenvalue weighted by Crippen LogP contribution is -2.45. The van der Waals surface area contributed by atoms with Gasteiger partial charge in [0.1, 0.15) is 0 Å². The second kappa shape index (κ2) is 59.4. The van der Waals surface area contributed by atoms with Crippen LogP contribution in [0, 0.1) is 0 Å². The van der Waals surface area contributed by atoms with Crippen LogP contribution in [0.2, 0.25) is 0 Å². The maximum absolute atomic E-state index is 12.5.